The standard InChI is InChI=1S/C13H22N4/c1-3-4-17-12(8-15-16-17)13(14-2)11-6-9-5-10(9)7-11/h8-11,13-14H,3-7H2,1-2H3. The number of hydrogen-bond donors (Lipinski definition) is 1. The summed E-state index contributed by atoms with van der Waals surface area (Å²) < 4.78 is 2.07. The third-order valence-corrected chi connectivity index (χ3v) is 4.46. The van der Waals surface area contributed by atoms with E-state index in [1.807, 2.05) is 6.20 Å². The minimum absolute atomic E-state index is 0.448. The number of rotatable bonds is 5. The number of aryl methyl sites for hydroxylation is 1. The summed E-state index contributed by atoms with van der Waals surface area (Å²) in [6, 6.07) is 0.448. The van der Waals surface area contributed by atoms with Crippen molar-refractivity contribution in [2.75, 3.05) is 7.05 Å². The Morgan fingerprint density at radius 2 is 2.18 bits per heavy atom. The Kier molecular flexibility index (Phi) is 2.90. The quantitative estimate of drug-likeness (QED) is 0.847. The Morgan fingerprint density at radius 3 is 2.82 bits per heavy atom. The van der Waals surface area contributed by atoms with Crippen LogP contribution in [0.2, 0.25) is 0 Å². The lowest BCUT2D eigenvalue weighted by atomic mass is 9.92. The van der Waals surface area contributed by atoms with Gasteiger partial charge in [0.25, 0.3) is 0 Å². The number of nitrogens with zero attached hydrogens (tertiary/aromatic N) is 3. The second-order valence-corrected chi connectivity index (χ2v) is 5.64. The molecular formula is C13H22N4. The smallest absolute Gasteiger partial charge is 0.0759 e. The molecule has 4 nitrogen and oxygen atoms in total. The minimum atomic E-state index is 0.448. The van der Waals surface area contributed by atoms with Gasteiger partial charge in [0.05, 0.1) is 17.9 Å². The van der Waals surface area contributed by atoms with Crippen molar-refractivity contribution in [2.24, 2.45) is 17.8 Å². The van der Waals surface area contributed by atoms with E-state index in [0.717, 1.165) is 30.7 Å². The molecule has 17 heavy (non-hydrogen) atoms. The molecule has 2 fully saturated rings. The lowest BCUT2D eigenvalue weighted by Gasteiger charge is -2.24. The molecule has 0 saturated heterocycles. The van der Waals surface area contributed by atoms with E-state index in [-0.39, 0.29) is 0 Å². The molecule has 0 spiro atoms. The van der Waals surface area contributed by atoms with Crippen molar-refractivity contribution in [1.29, 1.82) is 0 Å². The summed E-state index contributed by atoms with van der Waals surface area (Å²) in [7, 11) is 2.07. The summed E-state index contributed by atoms with van der Waals surface area (Å²) in [6.07, 6.45) is 7.34. The van der Waals surface area contributed by atoms with E-state index in [2.05, 4.69) is 34.3 Å². The SMILES string of the molecule is CCCn1nncc1C(NC)C1CC2CC2C1. The molecule has 4 heteroatoms. The van der Waals surface area contributed by atoms with E-state index in [4.69, 9.17) is 0 Å². The van der Waals surface area contributed by atoms with Gasteiger partial charge >= 0.3 is 0 Å². The molecule has 0 aliphatic heterocycles. The highest BCUT2D eigenvalue weighted by Crippen LogP contribution is 2.56. The van der Waals surface area contributed by atoms with Gasteiger partial charge in [-0.2, -0.15) is 0 Å². The van der Waals surface area contributed by atoms with Crippen LogP contribution in [0.15, 0.2) is 6.20 Å². The highest BCUT2D eigenvalue weighted by Gasteiger charge is 2.48. The summed E-state index contributed by atoms with van der Waals surface area (Å²) in [5, 5.41) is 11.8. The zero-order valence-electron chi connectivity index (χ0n) is 10.8. The van der Waals surface area contributed by atoms with Gasteiger partial charge in [-0.25, -0.2) is 4.68 Å². The average molecular weight is 234 g/mol. The fourth-order valence-corrected chi connectivity index (χ4v) is 3.55. The average Bonchev–Trinajstić information content (AvgIpc) is 2.76. The lowest BCUT2D eigenvalue weighted by molar-refractivity contribution is 0.338. The van der Waals surface area contributed by atoms with Crippen molar-refractivity contribution >= 4 is 0 Å². The van der Waals surface area contributed by atoms with E-state index in [1.165, 1.54) is 25.0 Å². The first-order valence-corrected chi connectivity index (χ1v) is 6.89. The van der Waals surface area contributed by atoms with Crippen LogP contribution in [0.1, 0.15) is 44.3 Å². The van der Waals surface area contributed by atoms with E-state index in [1.54, 1.807) is 0 Å². The van der Waals surface area contributed by atoms with Crippen LogP contribution >= 0.6 is 0 Å². The number of fused-ring (bicyclic) bond motifs is 1. The monoisotopic (exact) mass is 234 g/mol. The predicted octanol–water partition coefficient (Wildman–Crippen LogP) is 1.99. The summed E-state index contributed by atoms with van der Waals surface area (Å²) in [5.41, 5.74) is 1.28. The van der Waals surface area contributed by atoms with E-state index in [0.29, 0.717) is 6.04 Å². The Balaban J connectivity index is 1.76. The largest absolute Gasteiger partial charge is 0.311 e. The van der Waals surface area contributed by atoms with Crippen molar-refractivity contribution < 1.29 is 0 Å². The summed E-state index contributed by atoms with van der Waals surface area (Å²) in [6.45, 7) is 3.16. The zero-order valence-corrected chi connectivity index (χ0v) is 10.8. The summed E-state index contributed by atoms with van der Waals surface area (Å²) >= 11 is 0. The molecule has 3 unspecified atom stereocenters. The van der Waals surface area contributed by atoms with Crippen molar-refractivity contribution in [3.63, 3.8) is 0 Å². The molecule has 1 aromatic heterocycles. The van der Waals surface area contributed by atoms with E-state index < -0.39 is 0 Å². The van der Waals surface area contributed by atoms with Gasteiger partial charge in [-0.1, -0.05) is 12.1 Å². The van der Waals surface area contributed by atoms with Crippen LogP contribution in [-0.2, 0) is 6.54 Å². The first kappa shape index (κ1) is 11.2. The second kappa shape index (κ2) is 4.41. The molecule has 2 saturated carbocycles. The van der Waals surface area contributed by atoms with Crippen LogP contribution in [0.5, 0.6) is 0 Å². The first-order valence-electron chi connectivity index (χ1n) is 6.89. The molecule has 0 radical (unpaired) electrons. The van der Waals surface area contributed by atoms with Gasteiger partial charge in [-0.15, -0.1) is 5.10 Å². The van der Waals surface area contributed by atoms with Crippen LogP contribution in [-0.4, -0.2) is 22.0 Å². The molecule has 1 aromatic rings. The highest BCUT2D eigenvalue weighted by molar-refractivity contribution is 5.09. The molecule has 94 valence electrons. The molecule has 0 amide bonds. The topological polar surface area (TPSA) is 42.7 Å². The van der Waals surface area contributed by atoms with Crippen LogP contribution in [0.4, 0.5) is 0 Å². The fraction of sp³-hybridized carbons (Fsp3) is 0.846. The Hall–Kier alpha value is -0.900. The van der Waals surface area contributed by atoms with Crippen molar-refractivity contribution in [2.45, 2.75) is 45.2 Å². The molecular weight excluding hydrogens is 212 g/mol. The normalized spacial score (nSPS) is 32.5. The van der Waals surface area contributed by atoms with Crippen LogP contribution in [0.25, 0.3) is 0 Å². The van der Waals surface area contributed by atoms with Gasteiger partial charge in [-0.05, 0) is 50.5 Å². The van der Waals surface area contributed by atoms with Gasteiger partial charge < -0.3 is 5.32 Å². The third-order valence-electron chi connectivity index (χ3n) is 4.46. The van der Waals surface area contributed by atoms with Crippen LogP contribution in [0.3, 0.4) is 0 Å². The maximum absolute atomic E-state index is 4.20. The molecule has 2 aliphatic rings. The maximum atomic E-state index is 4.20. The van der Waals surface area contributed by atoms with Crippen LogP contribution in [0, 0.1) is 17.8 Å². The van der Waals surface area contributed by atoms with Gasteiger partial charge in [0.2, 0.25) is 0 Å². The van der Waals surface area contributed by atoms with Crippen molar-refractivity contribution in [3.05, 3.63) is 11.9 Å². The van der Waals surface area contributed by atoms with Gasteiger partial charge in [0.15, 0.2) is 0 Å². The Labute approximate surface area is 103 Å². The number of aromatic nitrogens is 3. The highest BCUT2D eigenvalue weighted by atomic mass is 15.4. The second-order valence-electron chi connectivity index (χ2n) is 5.64. The number of nitrogens with one attached hydrogen (secondary N) is 1. The molecule has 0 bridgehead atoms. The molecule has 3 rings (SSSR count). The van der Waals surface area contributed by atoms with Crippen LogP contribution < -0.4 is 5.32 Å². The lowest BCUT2D eigenvalue weighted by Crippen LogP contribution is -2.27. The Morgan fingerprint density at radius 1 is 1.41 bits per heavy atom. The Bertz CT molecular complexity index is 377. The molecule has 1 heterocycles. The molecule has 0 aromatic carbocycles. The minimum Gasteiger partial charge on any atom is -0.311 e. The van der Waals surface area contributed by atoms with Gasteiger partial charge in [0, 0.05) is 6.54 Å². The zero-order chi connectivity index (χ0) is 11.8. The molecule has 1 N–H and O–H groups in total. The summed E-state index contributed by atoms with van der Waals surface area (Å²) in [4.78, 5) is 0. The van der Waals surface area contributed by atoms with Crippen molar-refractivity contribution in [3.8, 4) is 0 Å². The first-order chi connectivity index (χ1) is 8.33. The molecule has 2 aliphatic carbocycles. The van der Waals surface area contributed by atoms with Gasteiger partial charge in [0.1, 0.15) is 0 Å². The summed E-state index contributed by atoms with van der Waals surface area (Å²) in [5.74, 6) is 2.86. The van der Waals surface area contributed by atoms with Gasteiger partial charge in [-0.3, -0.25) is 0 Å². The maximum Gasteiger partial charge on any atom is 0.0759 e. The third kappa shape index (κ3) is 1.99. The van der Waals surface area contributed by atoms with E-state index in [9.17, 15) is 0 Å². The van der Waals surface area contributed by atoms with Crippen molar-refractivity contribution in [1.82, 2.24) is 20.3 Å². The van der Waals surface area contributed by atoms with E-state index >= 15 is 0 Å². The predicted molar refractivity (Wildman–Crippen MR) is 66.4 cm³/mol. The molecule has 3 atom stereocenters. The number of hydrogen-bond acceptors (Lipinski definition) is 3. The fourth-order valence-electron chi connectivity index (χ4n) is 3.55.